The fourth-order valence-electron chi connectivity index (χ4n) is 3.95. The molecule has 4 N–H and O–H groups in total. The summed E-state index contributed by atoms with van der Waals surface area (Å²) in [5.41, 5.74) is 1.98. The van der Waals surface area contributed by atoms with Gasteiger partial charge in [-0.2, -0.15) is 0 Å². The van der Waals surface area contributed by atoms with Gasteiger partial charge < -0.3 is 25.5 Å². The number of aliphatic hydroxyl groups is 1. The number of aliphatic hydroxyl groups excluding tert-OH is 1. The second-order valence-electron chi connectivity index (χ2n) is 9.06. The van der Waals surface area contributed by atoms with Gasteiger partial charge in [-0.25, -0.2) is 0 Å². The summed E-state index contributed by atoms with van der Waals surface area (Å²) in [7, 11) is 0. The highest BCUT2D eigenvalue weighted by atomic mass is 16.5. The highest BCUT2D eigenvalue weighted by molar-refractivity contribution is 5.86. The SMILES string of the molecule is C=CCCCCC(=O)OC[C@H](Cc1c[nH]c2ccccc12)NC(=O)[C@@H](CC=C)CC(=O)N[C@@H](C)CO. The quantitative estimate of drug-likeness (QED) is 0.151. The van der Waals surface area contributed by atoms with Crippen molar-refractivity contribution in [2.75, 3.05) is 13.2 Å². The molecule has 2 rings (SSSR count). The van der Waals surface area contributed by atoms with Crippen molar-refractivity contribution in [3.05, 3.63) is 61.3 Å². The van der Waals surface area contributed by atoms with Crippen LogP contribution in [0.3, 0.4) is 0 Å². The summed E-state index contributed by atoms with van der Waals surface area (Å²) < 4.78 is 5.52. The third-order valence-corrected chi connectivity index (χ3v) is 5.91. The first-order valence-electron chi connectivity index (χ1n) is 12.5. The Bertz CT molecular complexity index is 1020. The normalized spacial score (nSPS) is 13.4. The molecule has 0 aliphatic heterocycles. The molecule has 0 aliphatic rings. The van der Waals surface area contributed by atoms with E-state index in [1.165, 1.54) is 0 Å². The first-order chi connectivity index (χ1) is 17.4. The maximum absolute atomic E-state index is 13.2. The number of carbonyl (C=O) groups excluding carboxylic acids is 3. The number of allylic oxidation sites excluding steroid dienone is 2. The van der Waals surface area contributed by atoms with Crippen molar-refractivity contribution < 1.29 is 24.2 Å². The van der Waals surface area contributed by atoms with E-state index in [1.807, 2.05) is 36.5 Å². The lowest BCUT2D eigenvalue weighted by molar-refractivity contribution is -0.145. The predicted molar refractivity (Wildman–Crippen MR) is 141 cm³/mol. The number of amides is 2. The number of aromatic nitrogens is 1. The number of rotatable bonds is 17. The van der Waals surface area contributed by atoms with Crippen LogP contribution >= 0.6 is 0 Å². The molecule has 0 saturated carbocycles. The van der Waals surface area contributed by atoms with E-state index in [4.69, 9.17) is 4.74 Å². The van der Waals surface area contributed by atoms with Crippen molar-refractivity contribution in [1.29, 1.82) is 0 Å². The van der Waals surface area contributed by atoms with Gasteiger partial charge in [0.05, 0.1) is 18.6 Å². The van der Waals surface area contributed by atoms with Gasteiger partial charge in [0.1, 0.15) is 6.61 Å². The van der Waals surface area contributed by atoms with Gasteiger partial charge in [-0.3, -0.25) is 14.4 Å². The highest BCUT2D eigenvalue weighted by Crippen LogP contribution is 2.20. The zero-order valence-corrected chi connectivity index (χ0v) is 21.1. The van der Waals surface area contributed by atoms with Gasteiger partial charge >= 0.3 is 5.97 Å². The van der Waals surface area contributed by atoms with Crippen molar-refractivity contribution in [3.63, 3.8) is 0 Å². The molecule has 0 aliphatic carbocycles. The molecular weight excluding hydrogens is 458 g/mol. The average Bonchev–Trinajstić information content (AvgIpc) is 3.27. The number of esters is 1. The highest BCUT2D eigenvalue weighted by Gasteiger charge is 2.25. The number of hydrogen-bond acceptors (Lipinski definition) is 5. The van der Waals surface area contributed by atoms with E-state index in [0.29, 0.717) is 25.7 Å². The second-order valence-corrected chi connectivity index (χ2v) is 9.06. The fraction of sp³-hybridized carbons (Fsp3) is 0.464. The van der Waals surface area contributed by atoms with Crippen molar-refractivity contribution in [3.8, 4) is 0 Å². The minimum atomic E-state index is -0.631. The van der Waals surface area contributed by atoms with E-state index in [0.717, 1.165) is 29.3 Å². The molecule has 8 nitrogen and oxygen atoms in total. The van der Waals surface area contributed by atoms with Crippen molar-refractivity contribution in [2.45, 2.75) is 64.0 Å². The Balaban J connectivity index is 2.09. The molecule has 0 fully saturated rings. The number of aromatic amines is 1. The van der Waals surface area contributed by atoms with Crippen LogP contribution in [-0.4, -0.2) is 53.2 Å². The lowest BCUT2D eigenvalue weighted by atomic mass is 9.98. The lowest BCUT2D eigenvalue weighted by Gasteiger charge is -2.22. The number of nitrogens with one attached hydrogen (secondary N) is 3. The minimum absolute atomic E-state index is 0.0279. The molecule has 1 aromatic carbocycles. The number of ether oxygens (including phenoxy) is 1. The zero-order valence-electron chi connectivity index (χ0n) is 21.1. The van der Waals surface area contributed by atoms with Crippen LogP contribution in [0, 0.1) is 5.92 Å². The van der Waals surface area contributed by atoms with Crippen LogP contribution in [0.2, 0.25) is 0 Å². The third kappa shape index (κ3) is 9.70. The lowest BCUT2D eigenvalue weighted by Crippen LogP contribution is -2.45. The Morgan fingerprint density at radius 1 is 1.14 bits per heavy atom. The Kier molecular flexibility index (Phi) is 12.5. The molecule has 0 spiro atoms. The molecule has 0 radical (unpaired) electrons. The van der Waals surface area contributed by atoms with Crippen molar-refractivity contribution in [2.24, 2.45) is 5.92 Å². The molecule has 0 bridgehead atoms. The summed E-state index contributed by atoms with van der Waals surface area (Å²) in [4.78, 5) is 41.0. The van der Waals surface area contributed by atoms with E-state index in [1.54, 1.807) is 13.0 Å². The van der Waals surface area contributed by atoms with Gasteiger partial charge in [0.25, 0.3) is 0 Å². The molecule has 1 heterocycles. The van der Waals surface area contributed by atoms with Gasteiger partial charge in [-0.05, 0) is 50.7 Å². The molecule has 196 valence electrons. The summed E-state index contributed by atoms with van der Waals surface area (Å²) in [5, 5.41) is 15.9. The summed E-state index contributed by atoms with van der Waals surface area (Å²) >= 11 is 0. The number of H-pyrrole nitrogens is 1. The maximum Gasteiger partial charge on any atom is 0.305 e. The van der Waals surface area contributed by atoms with Gasteiger partial charge in [-0.15, -0.1) is 13.2 Å². The van der Waals surface area contributed by atoms with Crippen LogP contribution in [0.15, 0.2) is 55.8 Å². The van der Waals surface area contributed by atoms with Gasteiger partial charge in [0.2, 0.25) is 11.8 Å². The standard InChI is InChI=1S/C28H39N3O5/c1-4-6-7-8-14-27(34)36-19-23(15-22-17-29-25-13-10-9-12-24(22)25)31-28(35)21(11-5-2)16-26(33)30-20(3)18-32/h4-5,9-10,12-13,17,20-21,23,29,32H,1-2,6-8,11,14-16,18-19H2,3H3,(H,30,33)(H,31,35)/t20-,21-,23-/m0/s1. The molecule has 2 aromatic rings. The summed E-state index contributed by atoms with van der Waals surface area (Å²) in [6.07, 6.45) is 8.79. The Hall–Kier alpha value is -3.39. The van der Waals surface area contributed by atoms with E-state index >= 15 is 0 Å². The van der Waals surface area contributed by atoms with E-state index < -0.39 is 18.0 Å². The molecule has 0 saturated heterocycles. The number of unbranched alkanes of at least 4 members (excludes halogenated alkanes) is 2. The zero-order chi connectivity index (χ0) is 26.3. The molecule has 0 unspecified atom stereocenters. The molecule has 3 atom stereocenters. The van der Waals surface area contributed by atoms with Crippen LogP contribution in [0.25, 0.3) is 10.9 Å². The van der Waals surface area contributed by atoms with Gasteiger partial charge in [0, 0.05) is 36.0 Å². The number of fused-ring (bicyclic) bond motifs is 1. The monoisotopic (exact) mass is 497 g/mol. The van der Waals surface area contributed by atoms with Gasteiger partial charge in [-0.1, -0.05) is 30.4 Å². The number of benzene rings is 1. The smallest absolute Gasteiger partial charge is 0.305 e. The first kappa shape index (κ1) is 28.8. The van der Waals surface area contributed by atoms with Crippen molar-refractivity contribution >= 4 is 28.7 Å². The van der Waals surface area contributed by atoms with Crippen LogP contribution in [0.4, 0.5) is 0 Å². The van der Waals surface area contributed by atoms with Crippen LogP contribution < -0.4 is 10.6 Å². The van der Waals surface area contributed by atoms with Crippen molar-refractivity contribution in [1.82, 2.24) is 15.6 Å². The molecule has 8 heteroatoms. The number of hydrogen-bond donors (Lipinski definition) is 4. The molecule has 2 amide bonds. The van der Waals surface area contributed by atoms with Gasteiger partial charge in [0.15, 0.2) is 0 Å². The average molecular weight is 498 g/mol. The Morgan fingerprint density at radius 2 is 1.92 bits per heavy atom. The summed E-state index contributed by atoms with van der Waals surface area (Å²) in [6.45, 7) is 8.92. The maximum atomic E-state index is 13.2. The van der Waals surface area contributed by atoms with E-state index in [9.17, 15) is 19.5 Å². The Morgan fingerprint density at radius 3 is 2.64 bits per heavy atom. The second kappa shape index (κ2) is 15.6. The number of carbonyl (C=O) groups is 3. The molecule has 1 aromatic heterocycles. The van der Waals surface area contributed by atoms with Crippen LogP contribution in [-0.2, 0) is 25.5 Å². The summed E-state index contributed by atoms with van der Waals surface area (Å²) in [6, 6.07) is 6.99. The van der Waals surface area contributed by atoms with E-state index in [2.05, 4.69) is 28.8 Å². The van der Waals surface area contributed by atoms with Crippen LogP contribution in [0.5, 0.6) is 0 Å². The molecular formula is C28H39N3O5. The summed E-state index contributed by atoms with van der Waals surface area (Å²) in [5.74, 6) is -1.57. The first-order valence-corrected chi connectivity index (χ1v) is 12.5. The number of para-hydroxylation sites is 1. The predicted octanol–water partition coefficient (Wildman–Crippen LogP) is 3.56. The van der Waals surface area contributed by atoms with Crippen LogP contribution in [0.1, 0.15) is 51.0 Å². The van der Waals surface area contributed by atoms with E-state index in [-0.39, 0.29) is 37.4 Å². The minimum Gasteiger partial charge on any atom is -0.463 e. The topological polar surface area (TPSA) is 121 Å². The largest absolute Gasteiger partial charge is 0.463 e. The third-order valence-electron chi connectivity index (χ3n) is 5.91. The Labute approximate surface area is 213 Å². The fourth-order valence-corrected chi connectivity index (χ4v) is 3.95. The molecule has 36 heavy (non-hydrogen) atoms.